The van der Waals surface area contributed by atoms with Gasteiger partial charge in [0.1, 0.15) is 5.82 Å². The first-order valence-corrected chi connectivity index (χ1v) is 7.41. The first-order valence-electron chi connectivity index (χ1n) is 6.24. The van der Waals surface area contributed by atoms with Crippen LogP contribution in [-0.4, -0.2) is 21.7 Å². The highest BCUT2D eigenvalue weighted by atomic mass is 35.5. The quantitative estimate of drug-likeness (QED) is 0.499. The molecule has 0 fully saturated rings. The van der Waals surface area contributed by atoms with Crippen LogP contribution in [0.1, 0.15) is 5.56 Å². The van der Waals surface area contributed by atoms with Gasteiger partial charge in [0.15, 0.2) is 5.11 Å². The van der Waals surface area contributed by atoms with Gasteiger partial charge in [-0.25, -0.2) is 4.39 Å². The molecule has 1 heterocycles. The van der Waals surface area contributed by atoms with Gasteiger partial charge < -0.3 is 16.0 Å². The molecule has 0 saturated carbocycles. The molecular formula is C14H14Cl2FN3S. The number of hydrogen-bond donors (Lipinski definition) is 2. The molecule has 0 aromatic heterocycles. The highest BCUT2D eigenvalue weighted by Crippen LogP contribution is 2.26. The summed E-state index contributed by atoms with van der Waals surface area (Å²) < 4.78 is 13.8. The summed E-state index contributed by atoms with van der Waals surface area (Å²) in [5, 5.41) is 2.23. The van der Waals surface area contributed by atoms with Crippen LogP contribution in [0.2, 0.25) is 5.02 Å². The molecule has 0 bridgehead atoms. The second-order valence-electron chi connectivity index (χ2n) is 4.51. The van der Waals surface area contributed by atoms with E-state index in [0.717, 1.165) is 0 Å². The minimum absolute atomic E-state index is 0.0823. The molecule has 0 amide bonds. The number of halogens is 3. The van der Waals surface area contributed by atoms with Gasteiger partial charge in [-0.2, -0.15) is 0 Å². The van der Waals surface area contributed by atoms with Crippen LogP contribution >= 0.6 is 35.4 Å². The van der Waals surface area contributed by atoms with Gasteiger partial charge in [-0.1, -0.05) is 35.3 Å². The normalized spacial score (nSPS) is 20.6. The van der Waals surface area contributed by atoms with Gasteiger partial charge in [0.25, 0.3) is 0 Å². The van der Waals surface area contributed by atoms with Crippen molar-refractivity contribution in [3.8, 4) is 0 Å². The van der Waals surface area contributed by atoms with Gasteiger partial charge in [-0.3, -0.25) is 0 Å². The molecule has 3 nitrogen and oxygen atoms in total. The van der Waals surface area contributed by atoms with Crippen molar-refractivity contribution < 1.29 is 4.39 Å². The number of rotatable bonds is 4. The molecule has 0 radical (unpaired) electrons. The van der Waals surface area contributed by atoms with Crippen molar-refractivity contribution in [3.05, 3.63) is 59.0 Å². The Morgan fingerprint density at radius 2 is 2.19 bits per heavy atom. The summed E-state index contributed by atoms with van der Waals surface area (Å²) in [5.74, 6) is -0.332. The molecule has 1 unspecified atom stereocenters. The molecule has 21 heavy (non-hydrogen) atoms. The number of benzene rings is 1. The predicted molar refractivity (Wildman–Crippen MR) is 88.6 cm³/mol. The first kappa shape index (κ1) is 16.1. The SMILES string of the molecule is NC(=S)NC1(Cl)C=CC=CN1CCc1c(F)cccc1Cl. The summed E-state index contributed by atoms with van der Waals surface area (Å²) >= 11 is 17.3. The number of hydrogen-bond acceptors (Lipinski definition) is 2. The van der Waals surface area contributed by atoms with Crippen molar-refractivity contribution in [2.45, 2.75) is 11.5 Å². The second-order valence-corrected chi connectivity index (χ2v) is 5.93. The molecule has 0 saturated heterocycles. The summed E-state index contributed by atoms with van der Waals surface area (Å²) in [6, 6.07) is 4.62. The Bertz CT molecular complexity index is 586. The third-order valence-electron chi connectivity index (χ3n) is 3.08. The Kier molecular flexibility index (Phi) is 5.08. The second kappa shape index (κ2) is 6.64. The van der Waals surface area contributed by atoms with Crippen LogP contribution in [0.25, 0.3) is 0 Å². The van der Waals surface area contributed by atoms with Gasteiger partial charge in [-0.05, 0) is 42.9 Å². The number of nitrogens with zero attached hydrogens (tertiary/aromatic N) is 1. The van der Waals surface area contributed by atoms with Crippen molar-refractivity contribution in [2.24, 2.45) is 5.73 Å². The Hall–Kier alpha value is -1.30. The molecule has 1 aromatic carbocycles. The third kappa shape index (κ3) is 3.87. The van der Waals surface area contributed by atoms with E-state index < -0.39 is 5.12 Å². The van der Waals surface area contributed by atoms with Crippen LogP contribution in [0.3, 0.4) is 0 Å². The standard InChI is InChI=1S/C14H14Cl2FN3S/c15-11-4-3-5-12(17)10(11)6-9-20-8-2-1-7-14(20,16)19-13(18)21/h1-5,7-8H,6,9H2,(H3,18,19,21). The predicted octanol–water partition coefficient (Wildman–Crippen LogP) is 3.13. The van der Waals surface area contributed by atoms with Crippen molar-refractivity contribution in [1.82, 2.24) is 10.2 Å². The zero-order valence-electron chi connectivity index (χ0n) is 11.0. The van der Waals surface area contributed by atoms with E-state index >= 15 is 0 Å². The van der Waals surface area contributed by atoms with Gasteiger partial charge in [-0.15, -0.1) is 0 Å². The highest BCUT2D eigenvalue weighted by molar-refractivity contribution is 7.80. The van der Waals surface area contributed by atoms with Crippen molar-refractivity contribution in [1.29, 1.82) is 0 Å². The van der Waals surface area contributed by atoms with Crippen LogP contribution in [-0.2, 0) is 6.42 Å². The maximum absolute atomic E-state index is 13.8. The molecule has 1 aliphatic heterocycles. The minimum Gasteiger partial charge on any atom is -0.376 e. The van der Waals surface area contributed by atoms with E-state index in [0.29, 0.717) is 23.6 Å². The van der Waals surface area contributed by atoms with E-state index in [-0.39, 0.29) is 10.9 Å². The smallest absolute Gasteiger partial charge is 0.210 e. The van der Waals surface area contributed by atoms with Crippen LogP contribution in [0.5, 0.6) is 0 Å². The number of alkyl halides is 1. The molecule has 1 aromatic rings. The Morgan fingerprint density at radius 1 is 1.43 bits per heavy atom. The van der Waals surface area contributed by atoms with E-state index in [4.69, 9.17) is 41.2 Å². The van der Waals surface area contributed by atoms with Crippen LogP contribution in [0.4, 0.5) is 4.39 Å². The van der Waals surface area contributed by atoms with Crippen LogP contribution < -0.4 is 11.1 Å². The topological polar surface area (TPSA) is 41.3 Å². The van der Waals surface area contributed by atoms with Crippen LogP contribution in [0.15, 0.2) is 42.6 Å². The Labute approximate surface area is 138 Å². The molecule has 1 atom stereocenters. The van der Waals surface area contributed by atoms with E-state index in [1.165, 1.54) is 6.07 Å². The molecule has 3 N–H and O–H groups in total. The van der Waals surface area contributed by atoms with E-state index in [2.05, 4.69) is 5.32 Å². The van der Waals surface area contributed by atoms with Crippen molar-refractivity contribution >= 4 is 40.5 Å². The highest BCUT2D eigenvalue weighted by Gasteiger charge is 2.31. The molecule has 112 valence electrons. The first-order chi connectivity index (χ1) is 9.92. The molecule has 0 spiro atoms. The fourth-order valence-corrected chi connectivity index (χ4v) is 2.85. The van der Waals surface area contributed by atoms with Gasteiger partial charge in [0, 0.05) is 23.3 Å². The molecule has 7 heteroatoms. The monoisotopic (exact) mass is 345 g/mol. The van der Waals surface area contributed by atoms with E-state index in [1.54, 1.807) is 35.4 Å². The van der Waals surface area contributed by atoms with Gasteiger partial charge in [0.2, 0.25) is 5.12 Å². The van der Waals surface area contributed by atoms with E-state index in [9.17, 15) is 4.39 Å². The number of thiocarbonyl (C=S) groups is 1. The number of nitrogens with two attached hydrogens (primary N) is 1. The maximum atomic E-state index is 13.8. The summed E-state index contributed by atoms with van der Waals surface area (Å²) in [4.78, 5) is 1.77. The summed E-state index contributed by atoms with van der Waals surface area (Å²) in [5.41, 5.74) is 5.95. The van der Waals surface area contributed by atoms with Crippen molar-refractivity contribution in [2.75, 3.05) is 6.54 Å². The summed E-state index contributed by atoms with van der Waals surface area (Å²) in [7, 11) is 0. The summed E-state index contributed by atoms with van der Waals surface area (Å²) in [6.07, 6.45) is 7.51. The lowest BCUT2D eigenvalue weighted by molar-refractivity contribution is 0.263. The van der Waals surface area contributed by atoms with E-state index in [1.807, 2.05) is 6.08 Å². The van der Waals surface area contributed by atoms with Crippen LogP contribution in [0, 0.1) is 5.82 Å². The lowest BCUT2D eigenvalue weighted by Crippen LogP contribution is -2.56. The molecule has 0 aliphatic carbocycles. The van der Waals surface area contributed by atoms with Gasteiger partial charge >= 0.3 is 0 Å². The minimum atomic E-state index is -1.06. The Morgan fingerprint density at radius 3 is 2.86 bits per heavy atom. The van der Waals surface area contributed by atoms with Crippen molar-refractivity contribution in [3.63, 3.8) is 0 Å². The van der Waals surface area contributed by atoms with Gasteiger partial charge in [0.05, 0.1) is 0 Å². The zero-order valence-corrected chi connectivity index (χ0v) is 13.4. The molecular weight excluding hydrogens is 332 g/mol. The largest absolute Gasteiger partial charge is 0.376 e. The summed E-state index contributed by atoms with van der Waals surface area (Å²) in [6.45, 7) is 0.445. The lowest BCUT2D eigenvalue weighted by Gasteiger charge is -2.38. The molecule has 2 rings (SSSR count). The third-order valence-corrected chi connectivity index (χ3v) is 3.97. The number of nitrogens with one attached hydrogen (secondary N) is 1. The average molecular weight is 346 g/mol. The fraction of sp³-hybridized carbons (Fsp3) is 0.214. The maximum Gasteiger partial charge on any atom is 0.210 e. The number of allylic oxidation sites excluding steroid dienone is 2. The fourth-order valence-electron chi connectivity index (χ4n) is 2.07. The lowest BCUT2D eigenvalue weighted by atomic mass is 10.1. The zero-order chi connectivity index (χ0) is 15.5. The Balaban J connectivity index is 2.12. The average Bonchev–Trinajstić information content (AvgIpc) is 2.39. The molecule has 1 aliphatic rings.